The number of hydrogen-bond acceptors (Lipinski definition) is 6. The van der Waals surface area contributed by atoms with Gasteiger partial charge in [-0.15, -0.1) is 0 Å². The number of carbonyl (C=O) groups is 3. The first-order valence-corrected chi connectivity index (χ1v) is 29.6. The lowest BCUT2D eigenvalue weighted by atomic mass is 10.1. The van der Waals surface area contributed by atoms with Gasteiger partial charge in [-0.3, -0.25) is 14.4 Å². The van der Waals surface area contributed by atoms with Crippen LogP contribution in [0.15, 0.2) is 85.1 Å². The Morgan fingerprint density at radius 2 is 0.557 bits per heavy atom. The second-order valence-corrected chi connectivity index (χ2v) is 19.5. The maximum absolute atomic E-state index is 12.9. The summed E-state index contributed by atoms with van der Waals surface area (Å²) >= 11 is 0. The van der Waals surface area contributed by atoms with Gasteiger partial charge in [0.15, 0.2) is 6.10 Å². The highest BCUT2D eigenvalue weighted by Gasteiger charge is 2.19. The van der Waals surface area contributed by atoms with Gasteiger partial charge in [0.25, 0.3) is 0 Å². The number of esters is 3. The molecule has 0 aliphatic rings. The molecule has 0 rings (SSSR count). The van der Waals surface area contributed by atoms with Crippen LogP contribution >= 0.6 is 0 Å². The van der Waals surface area contributed by atoms with Crippen molar-refractivity contribution in [3.63, 3.8) is 0 Å². The first-order chi connectivity index (χ1) is 34.5. The standard InChI is InChI=1S/C64H110O6/c1-4-7-10-13-16-19-22-25-28-31-32-34-36-39-42-45-48-51-54-57-63(66)69-60-61(59-68-62(65)56-53-50-47-44-41-38-35-30-27-24-21-18-15-12-9-6-3)70-64(67)58-55-52-49-46-43-40-37-33-29-26-23-20-17-14-11-8-5-2/h8,11,16-17,19-20,25-26,28-30,35,37,40,61H,4-7,9-10,12-15,18,21-24,27,31-34,36,38-39,41-60H2,1-3H3/b11-8-,19-16-,20-17-,28-25-,29-26-,35-30-,40-37-. The molecule has 0 saturated carbocycles. The minimum atomic E-state index is -0.796. The summed E-state index contributed by atoms with van der Waals surface area (Å²) in [6.45, 7) is 6.49. The average molecular weight is 976 g/mol. The Bertz CT molecular complexity index is 1350. The van der Waals surface area contributed by atoms with E-state index >= 15 is 0 Å². The van der Waals surface area contributed by atoms with Crippen molar-refractivity contribution in [2.24, 2.45) is 0 Å². The van der Waals surface area contributed by atoms with Crippen molar-refractivity contribution < 1.29 is 28.6 Å². The summed E-state index contributed by atoms with van der Waals surface area (Å²) in [6, 6.07) is 0. The van der Waals surface area contributed by atoms with E-state index in [1.54, 1.807) is 0 Å². The molecule has 0 spiro atoms. The molecule has 70 heavy (non-hydrogen) atoms. The molecule has 0 aromatic carbocycles. The van der Waals surface area contributed by atoms with Gasteiger partial charge >= 0.3 is 17.9 Å². The van der Waals surface area contributed by atoms with Crippen molar-refractivity contribution in [3.05, 3.63) is 85.1 Å². The minimum absolute atomic E-state index is 0.0911. The summed E-state index contributed by atoms with van der Waals surface area (Å²) in [6.07, 6.45) is 75.7. The monoisotopic (exact) mass is 975 g/mol. The molecular formula is C64H110O6. The Morgan fingerprint density at radius 3 is 0.914 bits per heavy atom. The molecule has 6 nitrogen and oxygen atoms in total. The highest BCUT2D eigenvalue weighted by Crippen LogP contribution is 2.15. The van der Waals surface area contributed by atoms with Gasteiger partial charge < -0.3 is 14.2 Å². The third kappa shape index (κ3) is 55.5. The van der Waals surface area contributed by atoms with Crippen LogP contribution in [0.4, 0.5) is 0 Å². The van der Waals surface area contributed by atoms with Crippen molar-refractivity contribution in [3.8, 4) is 0 Å². The number of unbranched alkanes of at least 4 members (excludes halogenated alkanes) is 28. The second-order valence-electron chi connectivity index (χ2n) is 19.5. The lowest BCUT2D eigenvalue weighted by Crippen LogP contribution is -2.30. The molecule has 1 atom stereocenters. The van der Waals surface area contributed by atoms with Crippen LogP contribution in [0, 0.1) is 0 Å². The van der Waals surface area contributed by atoms with Crippen LogP contribution in [0.25, 0.3) is 0 Å². The van der Waals surface area contributed by atoms with E-state index in [1.165, 1.54) is 135 Å². The van der Waals surface area contributed by atoms with Gasteiger partial charge in [0, 0.05) is 19.3 Å². The lowest BCUT2D eigenvalue weighted by molar-refractivity contribution is -0.167. The number of allylic oxidation sites excluding steroid dienone is 14. The molecule has 0 aliphatic carbocycles. The van der Waals surface area contributed by atoms with Crippen LogP contribution in [0.1, 0.15) is 284 Å². The quantitative estimate of drug-likeness (QED) is 0.0261. The topological polar surface area (TPSA) is 78.9 Å². The molecular weight excluding hydrogens is 865 g/mol. The van der Waals surface area contributed by atoms with Gasteiger partial charge in [0.05, 0.1) is 0 Å². The molecule has 1 unspecified atom stereocenters. The number of ether oxygens (including phenoxy) is 3. The van der Waals surface area contributed by atoms with Gasteiger partial charge in [-0.2, -0.15) is 0 Å². The van der Waals surface area contributed by atoms with E-state index in [2.05, 4.69) is 106 Å². The van der Waals surface area contributed by atoms with Crippen molar-refractivity contribution >= 4 is 17.9 Å². The predicted octanol–water partition coefficient (Wildman–Crippen LogP) is 19.9. The van der Waals surface area contributed by atoms with E-state index in [9.17, 15) is 14.4 Å². The zero-order chi connectivity index (χ0) is 50.7. The molecule has 0 N–H and O–H groups in total. The summed E-state index contributed by atoms with van der Waals surface area (Å²) in [4.78, 5) is 38.2. The number of rotatable bonds is 53. The van der Waals surface area contributed by atoms with E-state index in [4.69, 9.17) is 14.2 Å². The van der Waals surface area contributed by atoms with Gasteiger partial charge in [0.1, 0.15) is 13.2 Å². The molecule has 0 fully saturated rings. The highest BCUT2D eigenvalue weighted by atomic mass is 16.6. The van der Waals surface area contributed by atoms with E-state index < -0.39 is 6.10 Å². The first-order valence-electron chi connectivity index (χ1n) is 29.6. The van der Waals surface area contributed by atoms with Gasteiger partial charge in [-0.1, -0.05) is 234 Å². The molecule has 0 heterocycles. The molecule has 0 bridgehead atoms. The van der Waals surface area contributed by atoms with E-state index in [0.29, 0.717) is 19.3 Å². The average Bonchev–Trinajstić information content (AvgIpc) is 3.36. The van der Waals surface area contributed by atoms with Crippen molar-refractivity contribution in [1.82, 2.24) is 0 Å². The van der Waals surface area contributed by atoms with Crippen molar-refractivity contribution in [2.75, 3.05) is 13.2 Å². The first kappa shape index (κ1) is 66.6. The summed E-state index contributed by atoms with van der Waals surface area (Å²) in [7, 11) is 0. The van der Waals surface area contributed by atoms with Crippen LogP contribution in [0.2, 0.25) is 0 Å². The fourth-order valence-corrected chi connectivity index (χ4v) is 8.16. The summed E-state index contributed by atoms with van der Waals surface area (Å²) < 4.78 is 16.9. The molecule has 402 valence electrons. The van der Waals surface area contributed by atoms with Crippen LogP contribution in [0.3, 0.4) is 0 Å². The SMILES string of the molecule is CC/C=C\C/C=C\C/C=C\C/C=C\CCCCCCC(=O)OC(COC(=O)CCCCCCC/C=C\CCCCCCCCC)COC(=O)CCCCCCCCCCC/C=C\C/C=C\CCCCC. The Kier molecular flexibility index (Phi) is 55.3. The Labute approximate surface area is 433 Å². The normalized spacial score (nSPS) is 12.7. The second kappa shape index (κ2) is 58.2. The molecule has 0 aliphatic heterocycles. The molecule has 0 saturated heterocycles. The summed E-state index contributed by atoms with van der Waals surface area (Å²) in [5.74, 6) is -0.920. The fourth-order valence-electron chi connectivity index (χ4n) is 8.16. The van der Waals surface area contributed by atoms with Crippen molar-refractivity contribution in [1.29, 1.82) is 0 Å². The summed E-state index contributed by atoms with van der Waals surface area (Å²) in [5, 5.41) is 0. The summed E-state index contributed by atoms with van der Waals surface area (Å²) in [5.41, 5.74) is 0. The van der Waals surface area contributed by atoms with Crippen LogP contribution in [-0.2, 0) is 28.6 Å². The largest absolute Gasteiger partial charge is 0.462 e. The molecule has 0 aromatic rings. The maximum Gasteiger partial charge on any atom is 0.306 e. The van der Waals surface area contributed by atoms with E-state index in [0.717, 1.165) is 109 Å². The third-order valence-electron chi connectivity index (χ3n) is 12.6. The highest BCUT2D eigenvalue weighted by molar-refractivity contribution is 5.71. The maximum atomic E-state index is 12.9. The third-order valence-corrected chi connectivity index (χ3v) is 12.6. The van der Waals surface area contributed by atoms with Crippen LogP contribution < -0.4 is 0 Å². The lowest BCUT2D eigenvalue weighted by Gasteiger charge is -2.18. The van der Waals surface area contributed by atoms with Crippen LogP contribution in [-0.4, -0.2) is 37.2 Å². The van der Waals surface area contributed by atoms with Gasteiger partial charge in [-0.25, -0.2) is 0 Å². The van der Waals surface area contributed by atoms with Gasteiger partial charge in [-0.05, 0) is 116 Å². The molecule has 6 heteroatoms. The van der Waals surface area contributed by atoms with E-state index in [-0.39, 0.29) is 31.1 Å². The zero-order valence-corrected chi connectivity index (χ0v) is 46.0. The smallest absolute Gasteiger partial charge is 0.306 e. The minimum Gasteiger partial charge on any atom is -0.462 e. The number of carbonyl (C=O) groups excluding carboxylic acids is 3. The Morgan fingerprint density at radius 1 is 0.300 bits per heavy atom. The predicted molar refractivity (Wildman–Crippen MR) is 302 cm³/mol. The van der Waals surface area contributed by atoms with E-state index in [1.807, 2.05) is 0 Å². The Hall–Kier alpha value is -3.41. The van der Waals surface area contributed by atoms with Gasteiger partial charge in [0.2, 0.25) is 0 Å². The van der Waals surface area contributed by atoms with Crippen molar-refractivity contribution in [2.45, 2.75) is 290 Å². The molecule has 0 amide bonds. The molecule has 0 radical (unpaired) electrons. The van der Waals surface area contributed by atoms with Crippen LogP contribution in [0.5, 0.6) is 0 Å². The zero-order valence-electron chi connectivity index (χ0n) is 46.0. The Balaban J connectivity index is 4.43. The number of hydrogen-bond donors (Lipinski definition) is 0. The molecule has 0 aromatic heterocycles. The fraction of sp³-hybridized carbons (Fsp3) is 0.734.